The largest absolute Gasteiger partial charge is 0.378 e. The molecule has 0 bridgehead atoms. The molecule has 118 valence electrons. The molecule has 1 fully saturated rings. The first-order valence-corrected chi connectivity index (χ1v) is 9.56. The quantitative estimate of drug-likeness (QED) is 0.845. The van der Waals surface area contributed by atoms with Crippen LogP contribution in [0.2, 0.25) is 0 Å². The highest BCUT2D eigenvalue weighted by atomic mass is 32.1. The maximum Gasteiger partial charge on any atom is 0.220 e. The number of aliphatic hydroxyl groups is 1. The molecule has 0 aliphatic heterocycles. The molecule has 1 aliphatic rings. The molecule has 2 heterocycles. The monoisotopic (exact) mass is 335 g/mol. The second-order valence-corrected chi connectivity index (χ2v) is 7.71. The van der Waals surface area contributed by atoms with Crippen LogP contribution < -0.4 is 5.32 Å². The Morgan fingerprint density at radius 2 is 2.14 bits per heavy atom. The highest BCUT2D eigenvalue weighted by Gasteiger charge is 2.33. The maximum absolute atomic E-state index is 12.2. The van der Waals surface area contributed by atoms with Gasteiger partial charge in [-0.2, -0.15) is 11.3 Å². The predicted octanol–water partition coefficient (Wildman–Crippen LogP) is 3.74. The van der Waals surface area contributed by atoms with Crippen LogP contribution in [0.1, 0.15) is 42.5 Å². The molecule has 1 saturated carbocycles. The van der Waals surface area contributed by atoms with E-state index in [4.69, 9.17) is 0 Å². The molecule has 0 radical (unpaired) electrons. The Kier molecular flexibility index (Phi) is 4.96. The Hall–Kier alpha value is -1.17. The van der Waals surface area contributed by atoms with Crippen LogP contribution in [-0.4, -0.2) is 17.6 Å². The number of thiophene rings is 2. The van der Waals surface area contributed by atoms with Crippen LogP contribution in [0.25, 0.3) is 0 Å². The van der Waals surface area contributed by atoms with Crippen LogP contribution in [0.4, 0.5) is 0 Å². The van der Waals surface area contributed by atoms with E-state index in [1.807, 2.05) is 34.3 Å². The second-order valence-electron chi connectivity index (χ2n) is 5.98. The average molecular weight is 335 g/mol. The van der Waals surface area contributed by atoms with Crippen molar-refractivity contribution in [3.05, 3.63) is 44.8 Å². The van der Waals surface area contributed by atoms with E-state index >= 15 is 0 Å². The van der Waals surface area contributed by atoms with Crippen LogP contribution in [0.5, 0.6) is 0 Å². The predicted molar refractivity (Wildman–Crippen MR) is 91.2 cm³/mol. The van der Waals surface area contributed by atoms with E-state index in [-0.39, 0.29) is 12.5 Å². The summed E-state index contributed by atoms with van der Waals surface area (Å²) in [5.41, 5.74) is -0.277. The lowest BCUT2D eigenvalue weighted by Crippen LogP contribution is -2.41. The van der Waals surface area contributed by atoms with Gasteiger partial charge in [0.15, 0.2) is 0 Å². The normalized spacial score (nSPS) is 18.2. The summed E-state index contributed by atoms with van der Waals surface area (Å²) in [6, 6.07) is 5.77. The molecule has 0 aromatic carbocycles. The number of carbonyl (C=O) groups excluding carboxylic acids is 1. The zero-order valence-corrected chi connectivity index (χ0v) is 14.1. The van der Waals surface area contributed by atoms with Crippen LogP contribution in [0, 0.1) is 5.92 Å². The molecular formula is C17H21NO2S2. The molecule has 2 N–H and O–H groups in total. The minimum absolute atomic E-state index is 0.0529. The van der Waals surface area contributed by atoms with E-state index in [0.29, 0.717) is 12.3 Å². The summed E-state index contributed by atoms with van der Waals surface area (Å²) in [5.74, 6) is 0.577. The van der Waals surface area contributed by atoms with Gasteiger partial charge >= 0.3 is 0 Å². The number of amides is 1. The smallest absolute Gasteiger partial charge is 0.220 e. The average Bonchev–Trinajstić information content (AvgIpc) is 3.26. The Balaban J connectivity index is 1.67. The molecular weight excluding hydrogens is 314 g/mol. The molecule has 1 amide bonds. The van der Waals surface area contributed by atoms with E-state index in [9.17, 15) is 9.90 Å². The fourth-order valence-corrected chi connectivity index (χ4v) is 4.69. The first-order valence-electron chi connectivity index (χ1n) is 7.74. The van der Waals surface area contributed by atoms with Crippen molar-refractivity contribution in [3.8, 4) is 0 Å². The fourth-order valence-electron chi connectivity index (χ4n) is 3.12. The van der Waals surface area contributed by atoms with Crippen molar-refractivity contribution >= 4 is 28.6 Å². The summed E-state index contributed by atoms with van der Waals surface area (Å²) < 4.78 is 0. The van der Waals surface area contributed by atoms with Gasteiger partial charge in [-0.3, -0.25) is 4.79 Å². The van der Waals surface area contributed by atoms with Gasteiger partial charge in [0.25, 0.3) is 0 Å². The first-order chi connectivity index (χ1) is 10.7. The highest BCUT2D eigenvalue weighted by molar-refractivity contribution is 7.10. The Morgan fingerprint density at radius 3 is 2.77 bits per heavy atom. The fraction of sp³-hybridized carbons (Fsp3) is 0.471. The van der Waals surface area contributed by atoms with Gasteiger partial charge in [0, 0.05) is 16.9 Å². The Bertz CT molecular complexity index is 552. The number of rotatable bonds is 6. The molecule has 1 aliphatic carbocycles. The minimum Gasteiger partial charge on any atom is -0.378 e. The molecule has 0 unspecified atom stereocenters. The zero-order chi connectivity index (χ0) is 15.4. The molecule has 5 heteroatoms. The highest BCUT2D eigenvalue weighted by Crippen LogP contribution is 2.34. The number of carbonyl (C=O) groups is 1. The van der Waals surface area contributed by atoms with Crippen molar-refractivity contribution in [2.24, 2.45) is 5.92 Å². The van der Waals surface area contributed by atoms with Crippen molar-refractivity contribution in [2.45, 2.75) is 37.7 Å². The van der Waals surface area contributed by atoms with E-state index in [1.165, 1.54) is 24.2 Å². The summed E-state index contributed by atoms with van der Waals surface area (Å²) in [7, 11) is 0. The molecule has 3 nitrogen and oxygen atoms in total. The summed E-state index contributed by atoms with van der Waals surface area (Å²) >= 11 is 3.07. The summed E-state index contributed by atoms with van der Waals surface area (Å²) in [6.07, 6.45) is 5.39. The molecule has 3 rings (SSSR count). The van der Waals surface area contributed by atoms with Crippen molar-refractivity contribution in [1.29, 1.82) is 0 Å². The van der Waals surface area contributed by atoms with E-state index in [1.54, 1.807) is 11.3 Å². The number of hydrogen-bond acceptors (Lipinski definition) is 4. The van der Waals surface area contributed by atoms with Gasteiger partial charge in [0.1, 0.15) is 5.60 Å². The van der Waals surface area contributed by atoms with Crippen LogP contribution in [0.3, 0.4) is 0 Å². The third-order valence-electron chi connectivity index (χ3n) is 4.42. The second kappa shape index (κ2) is 6.94. The maximum atomic E-state index is 12.2. The topological polar surface area (TPSA) is 49.3 Å². The van der Waals surface area contributed by atoms with Crippen molar-refractivity contribution in [2.75, 3.05) is 6.54 Å². The zero-order valence-electron chi connectivity index (χ0n) is 12.5. The van der Waals surface area contributed by atoms with E-state index in [0.717, 1.165) is 23.3 Å². The number of nitrogens with one attached hydrogen (secondary N) is 1. The Morgan fingerprint density at radius 1 is 1.32 bits per heavy atom. The minimum atomic E-state index is -1.13. The van der Waals surface area contributed by atoms with Gasteiger partial charge in [0.2, 0.25) is 5.91 Å². The molecule has 2 aromatic rings. The van der Waals surface area contributed by atoms with Gasteiger partial charge in [-0.15, -0.1) is 11.3 Å². The summed E-state index contributed by atoms with van der Waals surface area (Å²) in [6.45, 7) is 0.232. The van der Waals surface area contributed by atoms with E-state index in [2.05, 4.69) is 5.32 Å². The lowest BCUT2D eigenvalue weighted by Gasteiger charge is -2.27. The van der Waals surface area contributed by atoms with Crippen LogP contribution >= 0.6 is 22.7 Å². The van der Waals surface area contributed by atoms with Gasteiger partial charge in [-0.1, -0.05) is 18.9 Å². The van der Waals surface area contributed by atoms with Gasteiger partial charge in [-0.25, -0.2) is 0 Å². The third kappa shape index (κ3) is 3.42. The summed E-state index contributed by atoms with van der Waals surface area (Å²) in [5, 5.41) is 19.9. The first kappa shape index (κ1) is 15.7. The van der Waals surface area contributed by atoms with Gasteiger partial charge in [-0.05, 0) is 47.0 Å². The van der Waals surface area contributed by atoms with Gasteiger partial charge in [0.05, 0.1) is 6.54 Å². The van der Waals surface area contributed by atoms with Crippen molar-refractivity contribution in [1.82, 2.24) is 5.32 Å². The molecule has 0 spiro atoms. The SMILES string of the molecule is O=C(CC1CCCC1)NC[C@@](O)(c1ccsc1)c1cccs1. The number of hydrogen-bond donors (Lipinski definition) is 2. The molecule has 22 heavy (non-hydrogen) atoms. The van der Waals surface area contributed by atoms with Crippen LogP contribution in [-0.2, 0) is 10.4 Å². The molecule has 1 atom stereocenters. The molecule has 0 saturated heterocycles. The Labute approximate surface area is 139 Å². The summed E-state index contributed by atoms with van der Waals surface area (Å²) in [4.78, 5) is 13.0. The van der Waals surface area contributed by atoms with Crippen molar-refractivity contribution < 1.29 is 9.90 Å². The van der Waals surface area contributed by atoms with Crippen molar-refractivity contribution in [3.63, 3.8) is 0 Å². The lowest BCUT2D eigenvalue weighted by atomic mass is 9.94. The lowest BCUT2D eigenvalue weighted by molar-refractivity contribution is -0.122. The van der Waals surface area contributed by atoms with Crippen LogP contribution in [0.15, 0.2) is 34.3 Å². The van der Waals surface area contributed by atoms with Gasteiger partial charge < -0.3 is 10.4 Å². The molecule has 2 aromatic heterocycles. The third-order valence-corrected chi connectivity index (χ3v) is 6.12. The standard InChI is InChI=1S/C17H21NO2S2/c19-16(10-13-4-1-2-5-13)18-12-17(20,14-7-9-21-11-14)15-6-3-8-22-15/h3,6-9,11,13,20H,1-2,4-5,10,12H2,(H,18,19)/t17-/m1/s1. The van der Waals surface area contributed by atoms with E-state index < -0.39 is 5.60 Å².